The van der Waals surface area contributed by atoms with Crippen molar-refractivity contribution in [1.82, 2.24) is 9.88 Å². The van der Waals surface area contributed by atoms with Crippen molar-refractivity contribution < 1.29 is 4.79 Å². The number of rotatable bonds is 5. The lowest BCUT2D eigenvalue weighted by Crippen LogP contribution is -2.28. The summed E-state index contributed by atoms with van der Waals surface area (Å²) in [6.45, 7) is 2.76. The Labute approximate surface area is 113 Å². The second-order valence-electron chi connectivity index (χ2n) is 4.61. The molecule has 0 fully saturated rings. The van der Waals surface area contributed by atoms with E-state index in [1.807, 2.05) is 60.2 Å². The quantitative estimate of drug-likeness (QED) is 0.858. The lowest BCUT2D eigenvalue weighted by atomic mass is 10.2. The molecular formula is C15H19N3O. The first kappa shape index (κ1) is 13.4. The maximum atomic E-state index is 11.9. The van der Waals surface area contributed by atoms with Crippen molar-refractivity contribution in [3.05, 3.63) is 59.9 Å². The standard InChI is InChI=1S/C15H19N3O/c1-12(16)14-8-5-9-18(14)11-15(19)17-10-13-6-3-2-4-7-13/h2-9,12H,10-11,16H2,1H3,(H,17,19). The number of hydrogen-bond donors (Lipinski definition) is 2. The lowest BCUT2D eigenvalue weighted by molar-refractivity contribution is -0.121. The van der Waals surface area contributed by atoms with Crippen LogP contribution in [-0.4, -0.2) is 10.5 Å². The molecule has 0 aliphatic carbocycles. The smallest absolute Gasteiger partial charge is 0.240 e. The number of hydrogen-bond acceptors (Lipinski definition) is 2. The van der Waals surface area contributed by atoms with Crippen LogP contribution in [0.3, 0.4) is 0 Å². The fourth-order valence-corrected chi connectivity index (χ4v) is 1.99. The zero-order valence-corrected chi connectivity index (χ0v) is 11.0. The summed E-state index contributed by atoms with van der Waals surface area (Å²) in [6.07, 6.45) is 1.88. The number of nitrogens with two attached hydrogens (primary N) is 1. The molecular weight excluding hydrogens is 238 g/mol. The number of nitrogens with one attached hydrogen (secondary N) is 1. The average molecular weight is 257 g/mol. The Kier molecular flexibility index (Phi) is 4.36. The van der Waals surface area contributed by atoms with Crippen LogP contribution >= 0.6 is 0 Å². The minimum absolute atomic E-state index is 0.0121. The predicted octanol–water partition coefficient (Wildman–Crippen LogP) is 1.82. The fourth-order valence-electron chi connectivity index (χ4n) is 1.99. The minimum Gasteiger partial charge on any atom is -0.350 e. The fraction of sp³-hybridized carbons (Fsp3) is 0.267. The summed E-state index contributed by atoms with van der Waals surface area (Å²) in [4.78, 5) is 11.9. The number of carbonyl (C=O) groups is 1. The Morgan fingerprint density at radius 2 is 2.00 bits per heavy atom. The molecule has 1 unspecified atom stereocenters. The van der Waals surface area contributed by atoms with E-state index in [9.17, 15) is 4.79 Å². The van der Waals surface area contributed by atoms with E-state index in [0.29, 0.717) is 13.1 Å². The van der Waals surface area contributed by atoms with Crippen LogP contribution < -0.4 is 11.1 Å². The van der Waals surface area contributed by atoms with Gasteiger partial charge in [0.2, 0.25) is 5.91 Å². The molecule has 2 aromatic rings. The summed E-state index contributed by atoms with van der Waals surface area (Å²) >= 11 is 0. The lowest BCUT2D eigenvalue weighted by Gasteiger charge is -2.12. The summed E-state index contributed by atoms with van der Waals surface area (Å²) in [5.74, 6) is -0.0121. The van der Waals surface area contributed by atoms with Gasteiger partial charge in [0.05, 0.1) is 0 Å². The van der Waals surface area contributed by atoms with Gasteiger partial charge in [-0.3, -0.25) is 4.79 Å². The van der Waals surface area contributed by atoms with Crippen molar-refractivity contribution in [1.29, 1.82) is 0 Å². The molecule has 0 saturated carbocycles. The van der Waals surface area contributed by atoms with Gasteiger partial charge in [-0.05, 0) is 24.6 Å². The SMILES string of the molecule is CC(N)c1cccn1CC(=O)NCc1ccccc1. The summed E-state index contributed by atoms with van der Waals surface area (Å²) in [5, 5.41) is 2.90. The maximum absolute atomic E-state index is 11.9. The van der Waals surface area contributed by atoms with Gasteiger partial charge in [0.1, 0.15) is 6.54 Å². The largest absolute Gasteiger partial charge is 0.350 e. The zero-order chi connectivity index (χ0) is 13.7. The molecule has 1 atom stereocenters. The molecule has 1 aromatic heterocycles. The normalized spacial score (nSPS) is 12.1. The van der Waals surface area contributed by atoms with Gasteiger partial charge in [-0.2, -0.15) is 0 Å². The van der Waals surface area contributed by atoms with Gasteiger partial charge < -0.3 is 15.6 Å². The Morgan fingerprint density at radius 1 is 1.26 bits per heavy atom. The van der Waals surface area contributed by atoms with Crippen molar-refractivity contribution >= 4 is 5.91 Å². The highest BCUT2D eigenvalue weighted by atomic mass is 16.1. The molecule has 0 aliphatic rings. The minimum atomic E-state index is -0.0723. The molecule has 0 radical (unpaired) electrons. The molecule has 0 spiro atoms. The van der Waals surface area contributed by atoms with Crippen LogP contribution in [0.25, 0.3) is 0 Å². The molecule has 100 valence electrons. The highest BCUT2D eigenvalue weighted by Crippen LogP contribution is 2.10. The van der Waals surface area contributed by atoms with Crippen LogP contribution in [0.15, 0.2) is 48.7 Å². The van der Waals surface area contributed by atoms with Crippen molar-refractivity contribution in [2.24, 2.45) is 5.73 Å². The second-order valence-corrected chi connectivity index (χ2v) is 4.61. The van der Waals surface area contributed by atoms with E-state index in [4.69, 9.17) is 5.73 Å². The van der Waals surface area contributed by atoms with E-state index in [1.165, 1.54) is 0 Å². The third-order valence-electron chi connectivity index (χ3n) is 2.98. The van der Waals surface area contributed by atoms with Gasteiger partial charge in [0.25, 0.3) is 0 Å². The van der Waals surface area contributed by atoms with Gasteiger partial charge in [0.15, 0.2) is 0 Å². The summed E-state index contributed by atoms with van der Waals surface area (Å²) in [5.41, 5.74) is 7.91. The third kappa shape index (κ3) is 3.69. The molecule has 1 heterocycles. The first-order valence-electron chi connectivity index (χ1n) is 6.38. The predicted molar refractivity (Wildman–Crippen MR) is 75.3 cm³/mol. The first-order valence-corrected chi connectivity index (χ1v) is 6.38. The van der Waals surface area contributed by atoms with Gasteiger partial charge in [-0.1, -0.05) is 30.3 Å². The molecule has 4 nitrogen and oxygen atoms in total. The van der Waals surface area contributed by atoms with Crippen molar-refractivity contribution in [3.63, 3.8) is 0 Å². The molecule has 2 rings (SSSR count). The van der Waals surface area contributed by atoms with Crippen LogP contribution in [0.2, 0.25) is 0 Å². The zero-order valence-electron chi connectivity index (χ0n) is 11.0. The van der Waals surface area contributed by atoms with Crippen LogP contribution in [0.4, 0.5) is 0 Å². The van der Waals surface area contributed by atoms with E-state index < -0.39 is 0 Å². The van der Waals surface area contributed by atoms with Gasteiger partial charge in [-0.15, -0.1) is 0 Å². The van der Waals surface area contributed by atoms with E-state index in [-0.39, 0.29) is 11.9 Å². The van der Waals surface area contributed by atoms with E-state index >= 15 is 0 Å². The van der Waals surface area contributed by atoms with Crippen LogP contribution in [0.1, 0.15) is 24.2 Å². The molecule has 4 heteroatoms. The van der Waals surface area contributed by atoms with Crippen molar-refractivity contribution in [2.45, 2.75) is 26.1 Å². The van der Waals surface area contributed by atoms with Crippen LogP contribution in [-0.2, 0) is 17.9 Å². The Morgan fingerprint density at radius 3 is 2.68 bits per heavy atom. The van der Waals surface area contributed by atoms with E-state index in [1.54, 1.807) is 0 Å². The molecule has 3 N–H and O–H groups in total. The van der Waals surface area contributed by atoms with Crippen molar-refractivity contribution in [2.75, 3.05) is 0 Å². The average Bonchev–Trinajstić information content (AvgIpc) is 2.86. The molecule has 1 amide bonds. The number of benzene rings is 1. The maximum Gasteiger partial charge on any atom is 0.240 e. The number of nitrogens with zero attached hydrogens (tertiary/aromatic N) is 1. The Bertz CT molecular complexity index is 531. The van der Waals surface area contributed by atoms with Crippen LogP contribution in [0.5, 0.6) is 0 Å². The number of aromatic nitrogens is 1. The Hall–Kier alpha value is -2.07. The molecule has 1 aromatic carbocycles. The molecule has 0 bridgehead atoms. The van der Waals surface area contributed by atoms with E-state index in [2.05, 4.69) is 5.32 Å². The highest BCUT2D eigenvalue weighted by Gasteiger charge is 2.08. The number of amides is 1. The summed E-state index contributed by atoms with van der Waals surface area (Å²) in [6, 6.07) is 13.6. The summed E-state index contributed by atoms with van der Waals surface area (Å²) in [7, 11) is 0. The van der Waals surface area contributed by atoms with Gasteiger partial charge in [-0.25, -0.2) is 0 Å². The monoisotopic (exact) mass is 257 g/mol. The first-order chi connectivity index (χ1) is 9.16. The van der Waals surface area contributed by atoms with Crippen molar-refractivity contribution in [3.8, 4) is 0 Å². The molecule has 0 saturated heterocycles. The molecule has 0 aliphatic heterocycles. The van der Waals surface area contributed by atoms with Crippen LogP contribution in [0, 0.1) is 0 Å². The second kappa shape index (κ2) is 6.20. The van der Waals surface area contributed by atoms with Gasteiger partial charge in [0, 0.05) is 24.5 Å². The van der Waals surface area contributed by atoms with E-state index in [0.717, 1.165) is 11.3 Å². The highest BCUT2D eigenvalue weighted by molar-refractivity contribution is 5.75. The topological polar surface area (TPSA) is 60.0 Å². The summed E-state index contributed by atoms with van der Waals surface area (Å²) < 4.78 is 1.88. The van der Waals surface area contributed by atoms with Gasteiger partial charge >= 0.3 is 0 Å². The Balaban J connectivity index is 1.89. The number of carbonyl (C=O) groups excluding carboxylic acids is 1. The third-order valence-corrected chi connectivity index (χ3v) is 2.98. The molecule has 19 heavy (non-hydrogen) atoms.